The van der Waals surface area contributed by atoms with Crippen molar-refractivity contribution in [3.05, 3.63) is 0 Å². The van der Waals surface area contributed by atoms with Gasteiger partial charge in [0.05, 0.1) is 15.4 Å². The standard InChI is InChI=1S/C16H32O5Si/c1-11-13(10-19-22(8,9)15(3,4)5)20-14(18-7)16(11,6)21-12(2)17/h11,13-14H,10H2,1-9H3/t11-,13-,14?,16-/m1/s1/i10D2. The first-order chi connectivity index (χ1) is 10.6. The molecule has 0 amide bonds. The van der Waals surface area contributed by atoms with Crippen LogP contribution < -0.4 is 0 Å². The van der Waals surface area contributed by atoms with Gasteiger partial charge in [-0.25, -0.2) is 0 Å². The van der Waals surface area contributed by atoms with Crippen LogP contribution in [0.4, 0.5) is 0 Å². The molecule has 4 atom stereocenters. The highest BCUT2D eigenvalue weighted by Gasteiger charge is 2.55. The molecule has 0 aromatic rings. The lowest BCUT2D eigenvalue weighted by atomic mass is 9.88. The number of rotatable bonds is 5. The van der Waals surface area contributed by atoms with E-state index < -0.39 is 44.8 Å². The summed E-state index contributed by atoms with van der Waals surface area (Å²) in [5, 5.41) is -0.137. The molecule has 1 rings (SSSR count). The molecule has 0 aliphatic carbocycles. The van der Waals surface area contributed by atoms with Crippen molar-refractivity contribution in [3.8, 4) is 0 Å². The lowest BCUT2D eigenvalue weighted by molar-refractivity contribution is -0.206. The number of methoxy groups -OCH3 is 1. The molecule has 1 saturated heterocycles. The van der Waals surface area contributed by atoms with E-state index in [1.165, 1.54) is 14.0 Å². The van der Waals surface area contributed by atoms with E-state index in [4.69, 9.17) is 21.4 Å². The summed E-state index contributed by atoms with van der Waals surface area (Å²) in [6, 6.07) is 0. The third-order valence-electron chi connectivity index (χ3n) is 4.91. The first-order valence-electron chi connectivity index (χ1n) is 8.66. The zero-order valence-corrected chi connectivity index (χ0v) is 16.3. The van der Waals surface area contributed by atoms with E-state index in [1.807, 2.05) is 13.1 Å². The van der Waals surface area contributed by atoms with E-state index >= 15 is 0 Å². The SMILES string of the molecule is [2H]C([2H])(O[Si](C)(C)C(C)(C)C)[C@H]1OC(OC)[C@](C)(OC(C)=O)[C@@H]1C. The highest BCUT2D eigenvalue weighted by molar-refractivity contribution is 6.74. The van der Waals surface area contributed by atoms with Crippen molar-refractivity contribution < 1.29 is 26.2 Å². The van der Waals surface area contributed by atoms with Crippen LogP contribution in [0, 0.1) is 5.92 Å². The van der Waals surface area contributed by atoms with Gasteiger partial charge in [-0.2, -0.15) is 0 Å². The molecule has 5 nitrogen and oxygen atoms in total. The second-order valence-corrected chi connectivity index (χ2v) is 12.4. The van der Waals surface area contributed by atoms with Crippen molar-refractivity contribution in [3.63, 3.8) is 0 Å². The Hall–Kier alpha value is -0.433. The molecule has 1 unspecified atom stereocenters. The minimum absolute atomic E-state index is 0.137. The molecule has 6 heteroatoms. The lowest BCUT2D eigenvalue weighted by Crippen LogP contribution is -2.46. The van der Waals surface area contributed by atoms with E-state index in [1.54, 1.807) is 13.8 Å². The summed E-state index contributed by atoms with van der Waals surface area (Å²) >= 11 is 0. The number of hydrogen-bond donors (Lipinski definition) is 0. The molecule has 1 aliphatic rings. The Labute approximate surface area is 138 Å². The lowest BCUT2D eigenvalue weighted by Gasteiger charge is -2.37. The van der Waals surface area contributed by atoms with Gasteiger partial charge in [-0.05, 0) is 25.1 Å². The molecule has 0 bridgehead atoms. The van der Waals surface area contributed by atoms with E-state index in [2.05, 4.69) is 20.8 Å². The van der Waals surface area contributed by atoms with Gasteiger partial charge >= 0.3 is 5.97 Å². The molecule has 0 radical (unpaired) electrons. The smallest absolute Gasteiger partial charge is 0.303 e. The minimum Gasteiger partial charge on any atom is -0.454 e. The van der Waals surface area contributed by atoms with Crippen LogP contribution in [0.1, 0.15) is 44.3 Å². The molecule has 130 valence electrons. The van der Waals surface area contributed by atoms with Gasteiger partial charge in [0.15, 0.2) is 20.2 Å². The van der Waals surface area contributed by atoms with Gasteiger partial charge in [-0.1, -0.05) is 27.7 Å². The number of carbonyl (C=O) groups excluding carboxylic acids is 1. The predicted octanol–water partition coefficient (Wildman–Crippen LogP) is 3.34. The van der Waals surface area contributed by atoms with Gasteiger partial charge in [-0.3, -0.25) is 4.79 Å². The second-order valence-electron chi connectivity index (χ2n) is 7.67. The van der Waals surface area contributed by atoms with E-state index in [9.17, 15) is 4.79 Å². The van der Waals surface area contributed by atoms with Crippen LogP contribution in [0.3, 0.4) is 0 Å². The molecule has 1 fully saturated rings. The maximum Gasteiger partial charge on any atom is 0.303 e. The van der Waals surface area contributed by atoms with Crippen molar-refractivity contribution in [1.82, 2.24) is 0 Å². The quantitative estimate of drug-likeness (QED) is 0.570. The van der Waals surface area contributed by atoms with Gasteiger partial charge in [0, 0.05) is 20.0 Å². The maximum absolute atomic E-state index is 11.5. The van der Waals surface area contributed by atoms with Crippen LogP contribution in [-0.2, 0) is 23.4 Å². The Kier molecular flexibility index (Phi) is 4.92. The number of ether oxygens (including phenoxy) is 3. The van der Waals surface area contributed by atoms with Crippen molar-refractivity contribution in [2.45, 2.75) is 77.7 Å². The van der Waals surface area contributed by atoms with E-state index in [0.29, 0.717) is 0 Å². The van der Waals surface area contributed by atoms with Crippen LogP contribution in [0.15, 0.2) is 0 Å². The summed E-state index contributed by atoms with van der Waals surface area (Å²) in [4.78, 5) is 11.5. The Morgan fingerprint density at radius 3 is 2.36 bits per heavy atom. The number of esters is 1. The molecule has 1 aliphatic heterocycles. The fourth-order valence-electron chi connectivity index (χ4n) is 2.13. The Morgan fingerprint density at radius 2 is 1.95 bits per heavy atom. The Balaban J connectivity index is 3.11. The summed E-state index contributed by atoms with van der Waals surface area (Å²) in [6.07, 6.45) is -1.75. The Bertz CT molecular complexity index is 478. The largest absolute Gasteiger partial charge is 0.454 e. The molecule has 0 spiro atoms. The highest BCUT2D eigenvalue weighted by Crippen LogP contribution is 2.41. The van der Waals surface area contributed by atoms with Gasteiger partial charge in [0.25, 0.3) is 0 Å². The van der Waals surface area contributed by atoms with E-state index in [-0.39, 0.29) is 5.04 Å². The molecule has 0 N–H and O–H groups in total. The third-order valence-corrected chi connectivity index (χ3v) is 9.15. The third kappa shape index (κ3) is 3.90. The molecule has 0 aromatic heterocycles. The van der Waals surface area contributed by atoms with Crippen LogP contribution >= 0.6 is 0 Å². The molecule has 0 aromatic carbocycles. The number of hydrogen-bond acceptors (Lipinski definition) is 5. The zero-order chi connectivity index (χ0) is 19.1. The molecule has 0 saturated carbocycles. The topological polar surface area (TPSA) is 54.0 Å². The summed E-state index contributed by atoms with van der Waals surface area (Å²) < 4.78 is 39.5. The molecular formula is C16H32O5Si. The minimum atomic E-state index is -2.35. The average Bonchev–Trinajstić information content (AvgIpc) is 2.58. The first kappa shape index (κ1) is 16.4. The summed E-state index contributed by atoms with van der Waals surface area (Å²) in [6.45, 7) is 12.9. The van der Waals surface area contributed by atoms with E-state index in [0.717, 1.165) is 0 Å². The summed E-state index contributed by atoms with van der Waals surface area (Å²) in [5.74, 6) is -0.896. The summed E-state index contributed by atoms with van der Waals surface area (Å²) in [5.41, 5.74) is -1.07. The van der Waals surface area contributed by atoms with Gasteiger partial charge in [0.2, 0.25) is 0 Å². The average molecular weight is 335 g/mol. The van der Waals surface area contributed by atoms with Gasteiger partial charge in [0.1, 0.15) is 0 Å². The number of carbonyl (C=O) groups is 1. The van der Waals surface area contributed by atoms with Crippen LogP contribution in [0.2, 0.25) is 18.1 Å². The second kappa shape index (κ2) is 6.59. The van der Waals surface area contributed by atoms with Crippen molar-refractivity contribution in [1.29, 1.82) is 0 Å². The van der Waals surface area contributed by atoms with Crippen molar-refractivity contribution >= 4 is 14.3 Å². The molecule has 1 heterocycles. The zero-order valence-electron chi connectivity index (χ0n) is 17.3. The Morgan fingerprint density at radius 1 is 1.41 bits per heavy atom. The van der Waals surface area contributed by atoms with Gasteiger partial charge in [-0.15, -0.1) is 0 Å². The van der Waals surface area contributed by atoms with Crippen molar-refractivity contribution in [2.24, 2.45) is 5.92 Å². The monoisotopic (exact) mass is 334 g/mol. The van der Waals surface area contributed by atoms with Crippen LogP contribution in [-0.4, -0.2) is 46.0 Å². The normalized spacial score (nSPS) is 35.0. The van der Waals surface area contributed by atoms with Gasteiger partial charge < -0.3 is 18.6 Å². The molecular weight excluding hydrogens is 300 g/mol. The van der Waals surface area contributed by atoms with Crippen molar-refractivity contribution in [2.75, 3.05) is 13.7 Å². The summed E-state index contributed by atoms with van der Waals surface area (Å²) in [7, 11) is -0.901. The highest BCUT2D eigenvalue weighted by atomic mass is 28.4. The fraction of sp³-hybridized carbons (Fsp3) is 0.938. The maximum atomic E-state index is 11.5. The molecule has 22 heavy (non-hydrogen) atoms. The van der Waals surface area contributed by atoms with Crippen LogP contribution in [0.5, 0.6) is 0 Å². The van der Waals surface area contributed by atoms with Crippen LogP contribution in [0.25, 0.3) is 0 Å². The predicted molar refractivity (Wildman–Crippen MR) is 88.2 cm³/mol. The fourth-order valence-corrected chi connectivity index (χ4v) is 2.85. The first-order valence-corrected chi connectivity index (χ1v) is 10.6.